The van der Waals surface area contributed by atoms with E-state index in [4.69, 9.17) is 10.7 Å². The highest BCUT2D eigenvalue weighted by molar-refractivity contribution is 6.09. The van der Waals surface area contributed by atoms with E-state index in [1.165, 1.54) is 5.56 Å². The summed E-state index contributed by atoms with van der Waals surface area (Å²) in [5.41, 5.74) is 10.2. The van der Waals surface area contributed by atoms with E-state index in [1.54, 1.807) is 0 Å². The summed E-state index contributed by atoms with van der Waals surface area (Å²) in [6.07, 6.45) is 1.82. The average Bonchev–Trinajstić information content (AvgIpc) is 2.56. The number of aryl methyl sites for hydroxylation is 1. The lowest BCUT2D eigenvalue weighted by molar-refractivity contribution is 1.23. The number of aromatic nitrogens is 2. The molecule has 3 nitrogen and oxygen atoms in total. The fraction of sp³-hybridized carbons (Fsp3) is 0.0526. The van der Waals surface area contributed by atoms with Crippen LogP contribution >= 0.6 is 0 Å². The van der Waals surface area contributed by atoms with E-state index < -0.39 is 0 Å². The molecular formula is C19H15N3. The van der Waals surface area contributed by atoms with E-state index in [2.05, 4.69) is 24.0 Å². The number of benzene rings is 3. The van der Waals surface area contributed by atoms with Crippen molar-refractivity contribution < 1.29 is 0 Å². The highest BCUT2D eigenvalue weighted by Crippen LogP contribution is 2.31. The quantitative estimate of drug-likeness (QED) is 0.418. The number of nitrogens with two attached hydrogens (primary N) is 1. The largest absolute Gasteiger partial charge is 0.398 e. The van der Waals surface area contributed by atoms with Crippen molar-refractivity contribution >= 4 is 27.4 Å². The Bertz CT molecular complexity index is 992. The second-order valence-electron chi connectivity index (χ2n) is 5.45. The van der Waals surface area contributed by atoms with Gasteiger partial charge in [0, 0.05) is 22.5 Å². The van der Waals surface area contributed by atoms with Crippen LogP contribution < -0.4 is 5.73 Å². The first-order valence-corrected chi connectivity index (χ1v) is 7.24. The first-order chi connectivity index (χ1) is 10.7. The molecule has 0 spiro atoms. The predicted octanol–water partition coefficient (Wildman–Crippen LogP) is 4.34. The minimum Gasteiger partial charge on any atom is -0.398 e. The molecule has 0 atom stereocenters. The maximum atomic E-state index is 6.33. The van der Waals surface area contributed by atoms with E-state index >= 15 is 0 Å². The predicted molar refractivity (Wildman–Crippen MR) is 91.6 cm³/mol. The zero-order chi connectivity index (χ0) is 15.1. The topological polar surface area (TPSA) is 51.8 Å². The van der Waals surface area contributed by atoms with Gasteiger partial charge in [-0.05, 0) is 23.9 Å². The Morgan fingerprint density at radius 3 is 2.50 bits per heavy atom. The normalized spacial score (nSPS) is 11.1. The third kappa shape index (κ3) is 1.91. The van der Waals surface area contributed by atoms with Gasteiger partial charge in [-0.25, -0.2) is 9.97 Å². The third-order valence-electron chi connectivity index (χ3n) is 4.04. The molecule has 2 N–H and O–H groups in total. The van der Waals surface area contributed by atoms with Crippen molar-refractivity contribution in [3.8, 4) is 11.4 Å². The van der Waals surface area contributed by atoms with Gasteiger partial charge in [0.25, 0.3) is 0 Å². The molecule has 0 amide bonds. The fourth-order valence-corrected chi connectivity index (χ4v) is 2.83. The van der Waals surface area contributed by atoms with E-state index in [1.807, 2.05) is 48.7 Å². The number of rotatable bonds is 1. The molecule has 0 saturated heterocycles. The van der Waals surface area contributed by atoms with Crippen molar-refractivity contribution in [1.29, 1.82) is 0 Å². The molecule has 1 heterocycles. The van der Waals surface area contributed by atoms with Gasteiger partial charge in [-0.3, -0.25) is 0 Å². The van der Waals surface area contributed by atoms with Gasteiger partial charge < -0.3 is 5.73 Å². The zero-order valence-corrected chi connectivity index (χ0v) is 12.2. The van der Waals surface area contributed by atoms with Gasteiger partial charge in [-0.1, -0.05) is 48.5 Å². The van der Waals surface area contributed by atoms with E-state index in [9.17, 15) is 0 Å². The molecular weight excluding hydrogens is 270 g/mol. The SMILES string of the molecule is Cc1cccc2c(N)c3cnc(-c4ccccc4)nc3cc12. The Morgan fingerprint density at radius 1 is 0.864 bits per heavy atom. The molecule has 0 bridgehead atoms. The lowest BCUT2D eigenvalue weighted by Crippen LogP contribution is -1.95. The highest BCUT2D eigenvalue weighted by atomic mass is 14.9. The van der Waals surface area contributed by atoms with E-state index in [0.29, 0.717) is 0 Å². The molecule has 0 aliphatic heterocycles. The summed E-state index contributed by atoms with van der Waals surface area (Å²) in [7, 11) is 0. The van der Waals surface area contributed by atoms with Crippen molar-refractivity contribution in [2.75, 3.05) is 5.73 Å². The van der Waals surface area contributed by atoms with Crippen LogP contribution in [0.1, 0.15) is 5.56 Å². The van der Waals surface area contributed by atoms with Gasteiger partial charge in [0.1, 0.15) is 0 Å². The van der Waals surface area contributed by atoms with Crippen LogP contribution in [0, 0.1) is 6.92 Å². The maximum absolute atomic E-state index is 6.33. The summed E-state index contributed by atoms with van der Waals surface area (Å²) in [5.74, 6) is 0.723. The Labute approximate surface area is 128 Å². The second kappa shape index (κ2) is 4.81. The average molecular weight is 285 g/mol. The molecule has 4 aromatic rings. The number of hydrogen-bond acceptors (Lipinski definition) is 3. The summed E-state index contributed by atoms with van der Waals surface area (Å²) >= 11 is 0. The fourth-order valence-electron chi connectivity index (χ4n) is 2.83. The van der Waals surface area contributed by atoms with Gasteiger partial charge >= 0.3 is 0 Å². The number of hydrogen-bond donors (Lipinski definition) is 1. The number of fused-ring (bicyclic) bond motifs is 2. The van der Waals surface area contributed by atoms with E-state index in [-0.39, 0.29) is 0 Å². The summed E-state index contributed by atoms with van der Waals surface area (Å²) in [6.45, 7) is 2.09. The van der Waals surface area contributed by atoms with Crippen molar-refractivity contribution in [1.82, 2.24) is 9.97 Å². The van der Waals surface area contributed by atoms with Crippen LogP contribution in [-0.2, 0) is 0 Å². The standard InChI is InChI=1S/C19H15N3/c1-12-6-5-9-14-15(12)10-17-16(18(14)20)11-21-19(22-17)13-7-3-2-4-8-13/h2-11H,20H2,1H3. The molecule has 0 aliphatic rings. The Kier molecular flexibility index (Phi) is 2.79. The summed E-state index contributed by atoms with van der Waals surface area (Å²) < 4.78 is 0. The molecule has 0 aliphatic carbocycles. The minimum atomic E-state index is 0.723. The Morgan fingerprint density at radius 2 is 1.68 bits per heavy atom. The zero-order valence-electron chi connectivity index (χ0n) is 12.2. The Balaban J connectivity index is 2.04. The first kappa shape index (κ1) is 12.8. The summed E-state index contributed by atoms with van der Waals surface area (Å²) in [5, 5.41) is 3.10. The van der Waals surface area contributed by atoms with Crippen LogP contribution in [0.3, 0.4) is 0 Å². The van der Waals surface area contributed by atoms with Crippen molar-refractivity contribution in [2.24, 2.45) is 0 Å². The van der Waals surface area contributed by atoms with E-state index in [0.717, 1.165) is 38.8 Å². The van der Waals surface area contributed by atoms with Crippen molar-refractivity contribution in [3.63, 3.8) is 0 Å². The maximum Gasteiger partial charge on any atom is 0.159 e. The lowest BCUT2D eigenvalue weighted by atomic mass is 10.0. The molecule has 106 valence electrons. The minimum absolute atomic E-state index is 0.723. The van der Waals surface area contributed by atoms with Crippen LogP contribution in [0.15, 0.2) is 60.8 Å². The second-order valence-corrected chi connectivity index (χ2v) is 5.45. The number of nitrogen functional groups attached to an aromatic ring is 1. The smallest absolute Gasteiger partial charge is 0.159 e. The van der Waals surface area contributed by atoms with Crippen LogP contribution in [-0.4, -0.2) is 9.97 Å². The first-order valence-electron chi connectivity index (χ1n) is 7.24. The molecule has 0 radical (unpaired) electrons. The molecule has 0 unspecified atom stereocenters. The molecule has 1 aromatic heterocycles. The van der Waals surface area contributed by atoms with Crippen LogP contribution in [0.5, 0.6) is 0 Å². The van der Waals surface area contributed by atoms with Gasteiger partial charge in [-0.2, -0.15) is 0 Å². The third-order valence-corrected chi connectivity index (χ3v) is 4.04. The molecule has 3 aromatic carbocycles. The Hall–Kier alpha value is -2.94. The lowest BCUT2D eigenvalue weighted by Gasteiger charge is -2.09. The molecule has 0 fully saturated rings. The van der Waals surface area contributed by atoms with Gasteiger partial charge in [0.2, 0.25) is 0 Å². The monoisotopic (exact) mass is 285 g/mol. The summed E-state index contributed by atoms with van der Waals surface area (Å²) in [4.78, 5) is 9.18. The van der Waals surface area contributed by atoms with Crippen LogP contribution in [0.2, 0.25) is 0 Å². The van der Waals surface area contributed by atoms with Crippen LogP contribution in [0.4, 0.5) is 5.69 Å². The molecule has 0 saturated carbocycles. The van der Waals surface area contributed by atoms with Gasteiger partial charge in [0.15, 0.2) is 5.82 Å². The van der Waals surface area contributed by atoms with Crippen LogP contribution in [0.25, 0.3) is 33.1 Å². The molecule has 3 heteroatoms. The van der Waals surface area contributed by atoms with Crippen molar-refractivity contribution in [3.05, 3.63) is 66.4 Å². The number of anilines is 1. The van der Waals surface area contributed by atoms with Gasteiger partial charge in [-0.15, -0.1) is 0 Å². The van der Waals surface area contributed by atoms with Gasteiger partial charge in [0.05, 0.1) is 11.2 Å². The molecule has 4 rings (SSSR count). The molecule has 22 heavy (non-hydrogen) atoms. The highest BCUT2D eigenvalue weighted by Gasteiger charge is 2.09. The summed E-state index contributed by atoms with van der Waals surface area (Å²) in [6, 6.07) is 18.2. The number of nitrogens with zero attached hydrogens (tertiary/aromatic N) is 2. The van der Waals surface area contributed by atoms with Crippen molar-refractivity contribution in [2.45, 2.75) is 6.92 Å².